The van der Waals surface area contributed by atoms with Gasteiger partial charge in [0.1, 0.15) is 0 Å². The molecule has 0 radical (unpaired) electrons. The van der Waals surface area contributed by atoms with Crippen LogP contribution in [0.3, 0.4) is 0 Å². The Bertz CT molecular complexity index is 3960. The molecule has 0 unspecified atom stereocenters. The van der Waals surface area contributed by atoms with Crippen molar-refractivity contribution in [2.24, 2.45) is 0 Å². The van der Waals surface area contributed by atoms with Gasteiger partial charge in [-0.15, -0.1) is 0 Å². The van der Waals surface area contributed by atoms with E-state index >= 15 is 0 Å². The van der Waals surface area contributed by atoms with Crippen molar-refractivity contribution in [1.29, 1.82) is 0 Å². The number of benzene rings is 9. The first-order valence-electron chi connectivity index (χ1n) is 27.7. The third-order valence-electron chi connectivity index (χ3n) is 17.8. The van der Waals surface area contributed by atoms with Crippen molar-refractivity contribution in [3.63, 3.8) is 0 Å². The highest BCUT2D eigenvalue weighted by molar-refractivity contribution is 6.32. The Morgan fingerprint density at radius 2 is 0.730 bits per heavy atom. The topological polar surface area (TPSA) is 15.3 Å². The SMILES string of the molecule is CC(C)c1ccc(N(c2ccccc2)c2ccc3c4cc5c(cc4n4c6c(C7CCCC7)cccc6c2c34)c2ccc(N(c3ccccc3)c3ccc(C(C)C)cc3)c3c4cccc(C6CCCC6)c4n5c23)cc1. The summed E-state index contributed by atoms with van der Waals surface area (Å²) >= 11 is 0. The molecule has 2 saturated carbocycles. The van der Waals surface area contributed by atoms with Gasteiger partial charge < -0.3 is 18.6 Å². The van der Waals surface area contributed by atoms with Gasteiger partial charge in [-0.05, 0) is 144 Å². The zero-order valence-corrected chi connectivity index (χ0v) is 43.1. The molecule has 0 atom stereocenters. The molecule has 0 aliphatic heterocycles. The Kier molecular flexibility index (Phi) is 9.97. The molecule has 4 heterocycles. The van der Waals surface area contributed by atoms with Crippen LogP contribution in [-0.4, -0.2) is 8.80 Å². The fourth-order valence-corrected chi connectivity index (χ4v) is 14.2. The monoisotopic (exact) mass is 958 g/mol. The Morgan fingerprint density at radius 1 is 0.351 bits per heavy atom. The molecule has 13 aromatic rings. The van der Waals surface area contributed by atoms with Crippen LogP contribution in [0.2, 0.25) is 0 Å². The largest absolute Gasteiger partial charge is 0.310 e. The first kappa shape index (κ1) is 43.7. The summed E-state index contributed by atoms with van der Waals surface area (Å²) < 4.78 is 5.44. The summed E-state index contributed by atoms with van der Waals surface area (Å²) in [6.07, 6.45) is 10.2. The second-order valence-electron chi connectivity index (χ2n) is 22.6. The third-order valence-corrected chi connectivity index (χ3v) is 17.8. The van der Waals surface area contributed by atoms with E-state index in [-0.39, 0.29) is 0 Å². The Morgan fingerprint density at radius 3 is 1.11 bits per heavy atom. The minimum Gasteiger partial charge on any atom is -0.310 e. The van der Waals surface area contributed by atoms with Crippen molar-refractivity contribution in [2.75, 3.05) is 9.80 Å². The number of nitrogens with zero attached hydrogens (tertiary/aromatic N) is 4. The van der Waals surface area contributed by atoms with E-state index in [1.54, 1.807) is 0 Å². The van der Waals surface area contributed by atoms with Crippen LogP contribution in [0.15, 0.2) is 182 Å². The molecule has 0 bridgehead atoms. The molecule has 0 amide bonds. The lowest BCUT2D eigenvalue weighted by Crippen LogP contribution is -2.10. The van der Waals surface area contributed by atoms with Crippen molar-refractivity contribution in [3.8, 4) is 0 Å². The van der Waals surface area contributed by atoms with Crippen molar-refractivity contribution in [2.45, 2.75) is 103 Å². The Labute approximate surface area is 433 Å². The molecule has 74 heavy (non-hydrogen) atoms. The minimum atomic E-state index is 0.460. The first-order valence-corrected chi connectivity index (χ1v) is 27.7. The van der Waals surface area contributed by atoms with Gasteiger partial charge in [-0.2, -0.15) is 0 Å². The van der Waals surface area contributed by atoms with Gasteiger partial charge in [0.05, 0.1) is 44.5 Å². The standard InChI is InChI=1S/C70H62N4/c1-43(2)45-29-33-51(34-30-45)71(49-21-7-5-8-22-49)61-39-37-55-59-41-64-60(42-63(59)73-67-53(47-17-11-12-18-47)25-15-27-57(67)65(61)69(55)73)56-38-40-62(72(50-23-9-6-10-24-50)52-35-31-46(32-36-52)44(3)4)66-58-28-16-26-54(48-19-13-14-20-48)68(58)74(64)70(56)66/h5-10,15-16,21-44,47-48H,11-14,17-20H2,1-4H3. The molecular weight excluding hydrogens is 897 g/mol. The van der Waals surface area contributed by atoms with Crippen LogP contribution in [0.5, 0.6) is 0 Å². The molecule has 4 heteroatoms. The van der Waals surface area contributed by atoms with Crippen LogP contribution >= 0.6 is 0 Å². The van der Waals surface area contributed by atoms with Gasteiger partial charge >= 0.3 is 0 Å². The van der Waals surface area contributed by atoms with E-state index < -0.39 is 0 Å². The summed E-state index contributed by atoms with van der Waals surface area (Å²) in [6, 6.07) is 70.1. The Hall–Kier alpha value is -7.82. The van der Waals surface area contributed by atoms with Gasteiger partial charge in [0, 0.05) is 65.8 Å². The highest BCUT2D eigenvalue weighted by Gasteiger charge is 2.32. The van der Waals surface area contributed by atoms with Crippen LogP contribution in [0.1, 0.15) is 125 Å². The van der Waals surface area contributed by atoms with Gasteiger partial charge in [0.15, 0.2) is 0 Å². The fraction of sp³-hybridized carbons (Fsp3) is 0.229. The van der Waals surface area contributed by atoms with Gasteiger partial charge in [-0.25, -0.2) is 0 Å². The average molecular weight is 959 g/mol. The normalized spacial score (nSPS) is 15.0. The van der Waals surface area contributed by atoms with E-state index in [9.17, 15) is 0 Å². The van der Waals surface area contributed by atoms with E-state index in [4.69, 9.17) is 0 Å². The lowest BCUT2D eigenvalue weighted by atomic mass is 9.94. The lowest BCUT2D eigenvalue weighted by Gasteiger charge is -2.27. The van der Waals surface area contributed by atoms with Gasteiger partial charge in [-0.1, -0.05) is 163 Å². The predicted molar refractivity (Wildman–Crippen MR) is 316 cm³/mol. The predicted octanol–water partition coefficient (Wildman–Crippen LogP) is 20.5. The van der Waals surface area contributed by atoms with E-state index in [1.807, 2.05) is 0 Å². The fourth-order valence-electron chi connectivity index (χ4n) is 14.2. The smallest absolute Gasteiger partial charge is 0.0641 e. The number of anilines is 6. The highest BCUT2D eigenvalue weighted by Crippen LogP contribution is 2.54. The molecule has 2 aliphatic rings. The molecule has 0 saturated heterocycles. The van der Waals surface area contributed by atoms with Crippen LogP contribution < -0.4 is 9.80 Å². The maximum absolute atomic E-state index is 2.72. The van der Waals surface area contributed by atoms with E-state index in [2.05, 4.69) is 228 Å². The maximum Gasteiger partial charge on any atom is 0.0641 e. The number of aromatic nitrogens is 2. The molecule has 0 N–H and O–H groups in total. The summed E-state index contributed by atoms with van der Waals surface area (Å²) in [7, 11) is 0. The number of para-hydroxylation sites is 4. The Balaban J connectivity index is 1.06. The molecule has 362 valence electrons. The lowest BCUT2D eigenvalue weighted by molar-refractivity contribution is 0.727. The molecule has 9 aromatic carbocycles. The summed E-state index contributed by atoms with van der Waals surface area (Å²) in [5.74, 6) is 2.01. The van der Waals surface area contributed by atoms with E-state index in [0.717, 1.165) is 0 Å². The molecule has 15 rings (SSSR count). The number of rotatable bonds is 10. The summed E-state index contributed by atoms with van der Waals surface area (Å²) in [6.45, 7) is 9.13. The molecule has 2 aliphatic carbocycles. The number of fused-ring (bicyclic) bond motifs is 12. The zero-order chi connectivity index (χ0) is 49.3. The van der Waals surface area contributed by atoms with Crippen molar-refractivity contribution >= 4 is 110 Å². The molecule has 0 spiro atoms. The van der Waals surface area contributed by atoms with Crippen LogP contribution in [0.4, 0.5) is 34.1 Å². The van der Waals surface area contributed by atoms with Crippen LogP contribution in [-0.2, 0) is 0 Å². The van der Waals surface area contributed by atoms with Gasteiger partial charge in [-0.3, -0.25) is 0 Å². The summed E-state index contributed by atoms with van der Waals surface area (Å²) in [4.78, 5) is 5.02. The average Bonchev–Trinajstić information content (AvgIpc) is 4.46. The second kappa shape index (κ2) is 16.9. The highest BCUT2D eigenvalue weighted by atomic mass is 15.2. The van der Waals surface area contributed by atoms with Crippen LogP contribution in [0, 0.1) is 0 Å². The first-order chi connectivity index (χ1) is 36.4. The van der Waals surface area contributed by atoms with E-state index in [0.29, 0.717) is 23.7 Å². The number of hydrogen-bond donors (Lipinski definition) is 0. The zero-order valence-electron chi connectivity index (χ0n) is 43.1. The van der Waals surface area contributed by atoms with Gasteiger partial charge in [0.25, 0.3) is 0 Å². The van der Waals surface area contributed by atoms with E-state index in [1.165, 1.54) is 184 Å². The summed E-state index contributed by atoms with van der Waals surface area (Å²) in [5, 5.41) is 10.6. The maximum atomic E-state index is 2.72. The molecule has 2 fully saturated rings. The van der Waals surface area contributed by atoms with Crippen molar-refractivity contribution < 1.29 is 0 Å². The second-order valence-corrected chi connectivity index (χ2v) is 22.6. The van der Waals surface area contributed by atoms with Crippen molar-refractivity contribution in [3.05, 3.63) is 204 Å². The summed E-state index contributed by atoms with van der Waals surface area (Å²) in [5.41, 5.74) is 20.9. The number of hydrogen-bond acceptors (Lipinski definition) is 2. The van der Waals surface area contributed by atoms with Crippen molar-refractivity contribution in [1.82, 2.24) is 8.80 Å². The molecule has 4 aromatic heterocycles. The molecular formula is C70H62N4. The van der Waals surface area contributed by atoms with Gasteiger partial charge in [0.2, 0.25) is 0 Å². The third kappa shape index (κ3) is 6.39. The van der Waals surface area contributed by atoms with Crippen LogP contribution in [0.25, 0.3) is 76.2 Å². The quantitative estimate of drug-likeness (QED) is 0.136. The molecule has 4 nitrogen and oxygen atoms in total. The minimum absolute atomic E-state index is 0.460.